The number of benzene rings is 6. The van der Waals surface area contributed by atoms with Gasteiger partial charge in [0.15, 0.2) is 0 Å². The van der Waals surface area contributed by atoms with Crippen LogP contribution in [0, 0.1) is 5.82 Å². The van der Waals surface area contributed by atoms with Gasteiger partial charge in [-0.2, -0.15) is 26.3 Å². The number of rotatable bonds is 14. The number of carboxylic acids is 2. The minimum absolute atomic E-state index is 0.0502. The van der Waals surface area contributed by atoms with E-state index in [1.807, 2.05) is 0 Å². The predicted octanol–water partition coefficient (Wildman–Crippen LogP) is 10.1. The highest BCUT2D eigenvalue weighted by atomic mass is 32.2. The Morgan fingerprint density at radius 3 is 1.22 bits per heavy atom. The number of alkyl halides is 6. The first-order valence-electron chi connectivity index (χ1n) is 18.4. The third kappa shape index (κ3) is 12.7. The van der Waals surface area contributed by atoms with Crippen molar-refractivity contribution in [3.8, 4) is 0 Å². The number of hydrogen-bond donors (Lipinski definition) is 4. The van der Waals surface area contributed by atoms with E-state index in [2.05, 4.69) is 9.44 Å². The molecule has 0 bridgehead atoms. The number of nitrogens with one attached hydrogen (secondary N) is 2. The third-order valence-corrected chi connectivity index (χ3v) is 12.0. The van der Waals surface area contributed by atoms with Gasteiger partial charge in [-0.15, -0.1) is 0 Å². The average molecular weight is 917 g/mol. The number of carboxylic acid groups (broad SMARTS) is 2. The van der Waals surface area contributed by atoms with Crippen molar-refractivity contribution in [1.82, 2.24) is 0 Å². The van der Waals surface area contributed by atoms with E-state index >= 15 is 0 Å². The Morgan fingerprint density at radius 2 is 0.825 bits per heavy atom. The molecular weight excluding hydrogens is 882 g/mol. The van der Waals surface area contributed by atoms with E-state index in [4.69, 9.17) is 0 Å². The maximum Gasteiger partial charge on any atom is 0.416 e. The SMILES string of the molecule is O=C(O)c1ccccc1CCc1ccccc1NS(=O)(=O)c1cc(C(F)(F)F)cc(C(F)(F)F)c1.O=C(O)c1ccccc1CCc1ccccc1NS(=O)(=O)c1cccc(F)c1. The fourth-order valence-electron chi connectivity index (χ4n) is 6.23. The van der Waals surface area contributed by atoms with Crippen LogP contribution in [0.15, 0.2) is 149 Å². The molecule has 0 unspecified atom stereocenters. The van der Waals surface area contributed by atoms with Crippen LogP contribution >= 0.6 is 0 Å². The van der Waals surface area contributed by atoms with E-state index in [9.17, 15) is 67.4 Å². The van der Waals surface area contributed by atoms with Crippen LogP contribution in [0.4, 0.5) is 42.1 Å². The standard InChI is InChI=1S/C23H17F6NO4S.C21H18FNO4S/c24-22(25,26)16-11-17(23(27,28)29)13-18(12-16)35(33,34)30-20-8-4-2-6-15(20)10-9-14-5-1-3-7-19(14)21(31)32;22-17-8-5-9-18(14-17)28(26,27)23-20-11-4-2-7-16(20)13-12-15-6-1-3-10-19(15)21(24)25/h1-8,11-13,30H,9-10H2,(H,31,32);1-11,14,23H,12-13H2,(H,24,25). The second kappa shape index (κ2) is 19.5. The van der Waals surface area contributed by atoms with Gasteiger partial charge < -0.3 is 10.2 Å². The van der Waals surface area contributed by atoms with E-state index in [1.165, 1.54) is 48.5 Å². The lowest BCUT2D eigenvalue weighted by Gasteiger charge is -2.16. The third-order valence-electron chi connectivity index (χ3n) is 9.32. The molecule has 4 N–H and O–H groups in total. The van der Waals surface area contributed by atoms with Gasteiger partial charge in [-0.05, 0) is 109 Å². The van der Waals surface area contributed by atoms with Crippen LogP contribution in [-0.2, 0) is 58.1 Å². The summed E-state index contributed by atoms with van der Waals surface area (Å²) in [4.78, 5) is 21.4. The molecular formula is C44H35F7N2O8S2. The van der Waals surface area contributed by atoms with Crippen molar-refractivity contribution >= 4 is 43.4 Å². The minimum atomic E-state index is -5.21. The highest BCUT2D eigenvalue weighted by molar-refractivity contribution is 7.93. The van der Waals surface area contributed by atoms with Crippen molar-refractivity contribution in [2.75, 3.05) is 9.44 Å². The Bertz CT molecular complexity index is 2820. The average Bonchev–Trinajstić information content (AvgIpc) is 3.22. The number of carbonyl (C=O) groups is 2. The quantitative estimate of drug-likeness (QED) is 0.0784. The lowest BCUT2D eigenvalue weighted by atomic mass is 9.99. The maximum absolute atomic E-state index is 13.4. The first-order valence-corrected chi connectivity index (χ1v) is 21.4. The van der Waals surface area contributed by atoms with Crippen LogP contribution in [0.5, 0.6) is 0 Å². The highest BCUT2D eigenvalue weighted by Crippen LogP contribution is 2.38. The topological polar surface area (TPSA) is 167 Å². The Balaban J connectivity index is 0.000000243. The molecule has 6 aromatic carbocycles. The molecule has 0 amide bonds. The fourth-order valence-corrected chi connectivity index (χ4v) is 8.53. The van der Waals surface area contributed by atoms with Gasteiger partial charge in [0.1, 0.15) is 5.82 Å². The summed E-state index contributed by atoms with van der Waals surface area (Å²) in [5.74, 6) is -2.79. The predicted molar refractivity (Wildman–Crippen MR) is 219 cm³/mol. The van der Waals surface area contributed by atoms with E-state index in [0.717, 1.165) is 6.07 Å². The monoisotopic (exact) mass is 916 g/mol. The first-order chi connectivity index (χ1) is 29.5. The molecule has 6 aromatic rings. The molecule has 0 saturated carbocycles. The van der Waals surface area contributed by atoms with Crippen molar-refractivity contribution in [3.05, 3.63) is 190 Å². The zero-order chi connectivity index (χ0) is 46.2. The van der Waals surface area contributed by atoms with Gasteiger partial charge >= 0.3 is 24.3 Å². The first kappa shape index (κ1) is 47.3. The van der Waals surface area contributed by atoms with Crippen molar-refractivity contribution in [1.29, 1.82) is 0 Å². The molecule has 0 aliphatic carbocycles. The second-order valence-electron chi connectivity index (χ2n) is 13.6. The number of sulfonamides is 2. The van der Waals surface area contributed by atoms with Crippen LogP contribution in [0.1, 0.15) is 54.1 Å². The van der Waals surface area contributed by atoms with Crippen LogP contribution in [0.25, 0.3) is 0 Å². The van der Waals surface area contributed by atoms with Gasteiger partial charge in [0.25, 0.3) is 20.0 Å². The Morgan fingerprint density at radius 1 is 0.460 bits per heavy atom. The molecule has 19 heteroatoms. The summed E-state index contributed by atoms with van der Waals surface area (Å²) in [6.45, 7) is 0. The zero-order valence-electron chi connectivity index (χ0n) is 32.4. The molecule has 0 atom stereocenters. The van der Waals surface area contributed by atoms with E-state index in [0.29, 0.717) is 40.8 Å². The fraction of sp³-hybridized carbons (Fsp3) is 0.136. The van der Waals surface area contributed by atoms with E-state index < -0.39 is 66.2 Å². The van der Waals surface area contributed by atoms with Crippen LogP contribution in [-0.4, -0.2) is 39.0 Å². The van der Waals surface area contributed by atoms with Crippen molar-refractivity contribution in [3.63, 3.8) is 0 Å². The number of aryl methyl sites for hydroxylation is 4. The zero-order valence-corrected chi connectivity index (χ0v) is 34.0. The van der Waals surface area contributed by atoms with Crippen LogP contribution < -0.4 is 9.44 Å². The molecule has 0 radical (unpaired) electrons. The van der Waals surface area contributed by atoms with Crippen molar-refractivity contribution < 1.29 is 67.4 Å². The lowest BCUT2D eigenvalue weighted by molar-refractivity contribution is -0.143. The van der Waals surface area contributed by atoms with E-state index in [-0.39, 0.29) is 52.8 Å². The highest BCUT2D eigenvalue weighted by Gasteiger charge is 2.38. The second-order valence-corrected chi connectivity index (χ2v) is 17.0. The molecule has 0 heterocycles. The van der Waals surface area contributed by atoms with Crippen molar-refractivity contribution in [2.45, 2.75) is 47.8 Å². The molecule has 0 aliphatic heterocycles. The molecule has 0 spiro atoms. The smallest absolute Gasteiger partial charge is 0.416 e. The summed E-state index contributed by atoms with van der Waals surface area (Å²) < 4.78 is 148. The summed E-state index contributed by atoms with van der Waals surface area (Å²) >= 11 is 0. The Kier molecular flexibility index (Phi) is 14.7. The maximum atomic E-state index is 13.4. The Labute approximate surface area is 356 Å². The van der Waals surface area contributed by atoms with Crippen molar-refractivity contribution in [2.24, 2.45) is 0 Å². The molecule has 10 nitrogen and oxygen atoms in total. The summed E-state index contributed by atoms with van der Waals surface area (Å²) in [5, 5.41) is 18.6. The van der Waals surface area contributed by atoms with Gasteiger partial charge in [0, 0.05) is 0 Å². The van der Waals surface area contributed by atoms with Gasteiger partial charge in [-0.25, -0.2) is 30.8 Å². The van der Waals surface area contributed by atoms with Crippen LogP contribution in [0.2, 0.25) is 0 Å². The van der Waals surface area contributed by atoms with Crippen LogP contribution in [0.3, 0.4) is 0 Å². The van der Waals surface area contributed by atoms with Gasteiger partial charge in [0.2, 0.25) is 0 Å². The normalized spacial score (nSPS) is 11.9. The Hall–Kier alpha value is -6.73. The minimum Gasteiger partial charge on any atom is -0.478 e. The number of para-hydroxylation sites is 2. The van der Waals surface area contributed by atoms with Gasteiger partial charge in [-0.3, -0.25) is 9.44 Å². The summed E-state index contributed by atoms with van der Waals surface area (Å²) in [7, 11) is -8.80. The summed E-state index contributed by atoms with van der Waals surface area (Å²) in [6.07, 6.45) is -9.22. The molecule has 6 rings (SSSR count). The molecule has 0 fully saturated rings. The van der Waals surface area contributed by atoms with Gasteiger partial charge in [-0.1, -0.05) is 78.9 Å². The van der Waals surface area contributed by atoms with Gasteiger partial charge in [0.05, 0.1) is 43.4 Å². The van der Waals surface area contributed by atoms with E-state index in [1.54, 1.807) is 66.7 Å². The summed E-state index contributed by atoms with van der Waals surface area (Å²) in [6, 6.07) is 30.4. The largest absolute Gasteiger partial charge is 0.478 e. The summed E-state index contributed by atoms with van der Waals surface area (Å²) in [5.41, 5.74) is -0.733. The number of hydrogen-bond acceptors (Lipinski definition) is 6. The molecule has 63 heavy (non-hydrogen) atoms. The molecule has 0 saturated heterocycles. The molecule has 330 valence electrons. The lowest BCUT2D eigenvalue weighted by Crippen LogP contribution is -2.18. The number of aromatic carboxylic acids is 2. The number of anilines is 2. The number of halogens is 7. The molecule has 0 aliphatic rings. The molecule has 0 aromatic heterocycles.